The molecule has 2 aromatic rings. The monoisotopic (exact) mass is 340 g/mol. The van der Waals surface area contributed by atoms with Gasteiger partial charge in [0.15, 0.2) is 0 Å². The first-order valence-corrected chi connectivity index (χ1v) is 9.56. The predicted octanol–water partition coefficient (Wildman–Crippen LogP) is 3.17. The van der Waals surface area contributed by atoms with Crippen LogP contribution < -0.4 is 16.0 Å². The van der Waals surface area contributed by atoms with E-state index in [0.29, 0.717) is 24.0 Å². The lowest BCUT2D eigenvalue weighted by atomic mass is 9.89. The zero-order valence-corrected chi connectivity index (χ0v) is 14.7. The van der Waals surface area contributed by atoms with Gasteiger partial charge in [0.25, 0.3) is 0 Å². The number of rotatable bonds is 4. The highest BCUT2D eigenvalue weighted by molar-refractivity contribution is 5.59. The summed E-state index contributed by atoms with van der Waals surface area (Å²) >= 11 is 0. The van der Waals surface area contributed by atoms with E-state index in [2.05, 4.69) is 39.5 Å². The van der Waals surface area contributed by atoms with Crippen LogP contribution in [0.1, 0.15) is 38.5 Å². The van der Waals surface area contributed by atoms with Crippen molar-refractivity contribution in [3.05, 3.63) is 36.7 Å². The molecule has 1 aromatic heterocycles. The van der Waals surface area contributed by atoms with Crippen LogP contribution in [0.25, 0.3) is 11.5 Å². The average molecular weight is 340 g/mol. The highest BCUT2D eigenvalue weighted by Gasteiger charge is 2.27. The molecular formula is C20H28N4O. The van der Waals surface area contributed by atoms with Crippen molar-refractivity contribution in [2.45, 2.75) is 56.7 Å². The Morgan fingerprint density at radius 2 is 1.92 bits per heavy atom. The minimum atomic E-state index is 0.323. The Labute approximate surface area is 149 Å². The third-order valence-corrected chi connectivity index (χ3v) is 5.60. The summed E-state index contributed by atoms with van der Waals surface area (Å²) in [5.41, 5.74) is 8.61. The number of piperidine rings is 1. The van der Waals surface area contributed by atoms with Gasteiger partial charge in [0.05, 0.1) is 6.20 Å². The quantitative estimate of drug-likeness (QED) is 0.895. The maximum atomic E-state index is 6.31. The van der Waals surface area contributed by atoms with Gasteiger partial charge in [0.2, 0.25) is 5.89 Å². The Balaban J connectivity index is 1.39. The topological polar surface area (TPSA) is 67.3 Å². The van der Waals surface area contributed by atoms with Crippen LogP contribution in [0.15, 0.2) is 41.1 Å². The van der Waals surface area contributed by atoms with Crippen LogP contribution in [0.3, 0.4) is 0 Å². The van der Waals surface area contributed by atoms with Gasteiger partial charge in [-0.2, -0.15) is 0 Å². The zero-order valence-electron chi connectivity index (χ0n) is 14.7. The average Bonchev–Trinajstić information content (AvgIpc) is 3.19. The highest BCUT2D eigenvalue weighted by Crippen LogP contribution is 2.25. The van der Waals surface area contributed by atoms with E-state index in [4.69, 9.17) is 10.2 Å². The van der Waals surface area contributed by atoms with E-state index in [1.165, 1.54) is 37.8 Å². The summed E-state index contributed by atoms with van der Waals surface area (Å²) in [4.78, 5) is 6.69. The zero-order chi connectivity index (χ0) is 17.1. The molecule has 3 unspecified atom stereocenters. The molecule has 5 heteroatoms. The van der Waals surface area contributed by atoms with E-state index >= 15 is 0 Å². The van der Waals surface area contributed by atoms with E-state index in [0.717, 1.165) is 25.1 Å². The van der Waals surface area contributed by atoms with Crippen molar-refractivity contribution in [3.8, 4) is 11.5 Å². The summed E-state index contributed by atoms with van der Waals surface area (Å²) in [5, 5.41) is 3.85. The number of nitrogens with two attached hydrogens (primary N) is 1. The molecule has 0 radical (unpaired) electrons. The standard InChI is InChI=1S/C20H28N4O/c21-18-5-1-2-6-19(18)23-16-4-3-12-24(14-16)17-9-7-15(8-10-17)20-22-11-13-25-20/h7-11,13,16,18-19,23H,1-6,12,14,21H2. The third kappa shape index (κ3) is 3.88. The number of hydrogen-bond donors (Lipinski definition) is 2. The van der Waals surface area contributed by atoms with Crippen molar-refractivity contribution >= 4 is 5.69 Å². The molecule has 134 valence electrons. The lowest BCUT2D eigenvalue weighted by molar-refractivity contribution is 0.282. The molecule has 4 rings (SSSR count). The molecule has 25 heavy (non-hydrogen) atoms. The van der Waals surface area contributed by atoms with Gasteiger partial charge in [-0.1, -0.05) is 12.8 Å². The molecule has 5 nitrogen and oxygen atoms in total. The van der Waals surface area contributed by atoms with Gasteiger partial charge >= 0.3 is 0 Å². The SMILES string of the molecule is NC1CCCCC1NC1CCCN(c2ccc(-c3ncco3)cc2)C1. The van der Waals surface area contributed by atoms with Crippen molar-refractivity contribution in [2.24, 2.45) is 5.73 Å². The van der Waals surface area contributed by atoms with Gasteiger partial charge < -0.3 is 20.4 Å². The number of anilines is 1. The molecule has 3 N–H and O–H groups in total. The molecule has 3 atom stereocenters. The number of nitrogens with zero attached hydrogens (tertiary/aromatic N) is 2. The van der Waals surface area contributed by atoms with Crippen LogP contribution in [0, 0.1) is 0 Å². The van der Waals surface area contributed by atoms with Gasteiger partial charge in [0, 0.05) is 42.5 Å². The molecule has 1 aliphatic carbocycles. The summed E-state index contributed by atoms with van der Waals surface area (Å²) in [6.07, 6.45) is 10.7. The molecule has 2 heterocycles. The fourth-order valence-electron chi connectivity index (χ4n) is 4.20. The van der Waals surface area contributed by atoms with Gasteiger partial charge in [-0.3, -0.25) is 0 Å². The van der Waals surface area contributed by atoms with Crippen LogP contribution in [-0.2, 0) is 0 Å². The Bertz CT molecular complexity index is 655. The summed E-state index contributed by atoms with van der Waals surface area (Å²) in [7, 11) is 0. The minimum absolute atomic E-state index is 0.323. The van der Waals surface area contributed by atoms with Crippen LogP contribution in [0.5, 0.6) is 0 Å². The predicted molar refractivity (Wildman–Crippen MR) is 101 cm³/mol. The summed E-state index contributed by atoms with van der Waals surface area (Å²) < 4.78 is 5.37. The van der Waals surface area contributed by atoms with Crippen molar-refractivity contribution in [2.75, 3.05) is 18.0 Å². The first-order chi connectivity index (χ1) is 12.3. The number of nitrogens with one attached hydrogen (secondary N) is 1. The van der Waals surface area contributed by atoms with Crippen molar-refractivity contribution < 1.29 is 4.42 Å². The van der Waals surface area contributed by atoms with E-state index in [1.807, 2.05) is 0 Å². The number of oxazole rings is 1. The maximum absolute atomic E-state index is 6.31. The van der Waals surface area contributed by atoms with E-state index in [1.54, 1.807) is 12.5 Å². The van der Waals surface area contributed by atoms with Crippen molar-refractivity contribution in [3.63, 3.8) is 0 Å². The molecule has 1 saturated carbocycles. The van der Waals surface area contributed by atoms with E-state index < -0.39 is 0 Å². The minimum Gasteiger partial charge on any atom is -0.445 e. The second-order valence-electron chi connectivity index (χ2n) is 7.39. The molecule has 1 saturated heterocycles. The lowest BCUT2D eigenvalue weighted by Crippen LogP contribution is -2.55. The molecule has 1 aliphatic heterocycles. The fraction of sp³-hybridized carbons (Fsp3) is 0.550. The molecule has 0 spiro atoms. The second kappa shape index (κ2) is 7.58. The Morgan fingerprint density at radius 1 is 1.08 bits per heavy atom. The van der Waals surface area contributed by atoms with Crippen LogP contribution in [-0.4, -0.2) is 36.2 Å². The smallest absolute Gasteiger partial charge is 0.225 e. The fourth-order valence-corrected chi connectivity index (χ4v) is 4.20. The van der Waals surface area contributed by atoms with E-state index in [9.17, 15) is 0 Å². The second-order valence-corrected chi connectivity index (χ2v) is 7.39. The molecule has 0 amide bonds. The molecule has 2 fully saturated rings. The Morgan fingerprint density at radius 3 is 2.68 bits per heavy atom. The molecule has 1 aromatic carbocycles. The maximum Gasteiger partial charge on any atom is 0.225 e. The summed E-state index contributed by atoms with van der Waals surface area (Å²) in [6, 6.07) is 9.89. The van der Waals surface area contributed by atoms with Crippen LogP contribution >= 0.6 is 0 Å². The number of benzene rings is 1. The third-order valence-electron chi connectivity index (χ3n) is 5.60. The van der Waals surface area contributed by atoms with Gasteiger partial charge in [0.1, 0.15) is 6.26 Å². The molecule has 0 bridgehead atoms. The lowest BCUT2D eigenvalue weighted by Gasteiger charge is -2.39. The van der Waals surface area contributed by atoms with Gasteiger partial charge in [-0.05, 0) is 49.9 Å². The van der Waals surface area contributed by atoms with Gasteiger partial charge in [-0.25, -0.2) is 4.98 Å². The summed E-state index contributed by atoms with van der Waals surface area (Å²) in [5.74, 6) is 0.677. The van der Waals surface area contributed by atoms with Gasteiger partial charge in [-0.15, -0.1) is 0 Å². The normalized spacial score (nSPS) is 27.4. The van der Waals surface area contributed by atoms with Crippen LogP contribution in [0.2, 0.25) is 0 Å². The first kappa shape index (κ1) is 16.6. The van der Waals surface area contributed by atoms with Crippen LogP contribution in [0.4, 0.5) is 5.69 Å². The molecular weight excluding hydrogens is 312 g/mol. The highest BCUT2D eigenvalue weighted by atomic mass is 16.3. The molecule has 2 aliphatic rings. The Hall–Kier alpha value is -1.85. The Kier molecular flexibility index (Phi) is 5.04. The first-order valence-electron chi connectivity index (χ1n) is 9.56. The largest absolute Gasteiger partial charge is 0.445 e. The van der Waals surface area contributed by atoms with E-state index in [-0.39, 0.29) is 0 Å². The summed E-state index contributed by atoms with van der Waals surface area (Å²) in [6.45, 7) is 2.18. The number of aromatic nitrogens is 1. The number of hydrogen-bond acceptors (Lipinski definition) is 5. The van der Waals surface area contributed by atoms with Crippen molar-refractivity contribution in [1.29, 1.82) is 0 Å². The van der Waals surface area contributed by atoms with Crippen molar-refractivity contribution in [1.82, 2.24) is 10.3 Å².